The Morgan fingerprint density at radius 2 is 2.21 bits per heavy atom. The first kappa shape index (κ1) is 12.0. The quantitative estimate of drug-likeness (QED) is 0.735. The van der Waals surface area contributed by atoms with E-state index in [2.05, 4.69) is 12.2 Å². The largest absolute Gasteiger partial charge is 0.385 e. The normalized spacial score (nSPS) is 25.7. The van der Waals surface area contributed by atoms with Crippen LogP contribution in [0.15, 0.2) is 0 Å². The molecule has 0 spiro atoms. The van der Waals surface area contributed by atoms with Crippen LogP contribution in [0.1, 0.15) is 45.4 Å². The summed E-state index contributed by atoms with van der Waals surface area (Å²) in [4.78, 5) is 0. The van der Waals surface area contributed by atoms with Gasteiger partial charge in [0.25, 0.3) is 0 Å². The maximum absolute atomic E-state index is 5.17. The first-order valence-electron chi connectivity index (χ1n) is 6.10. The monoisotopic (exact) mass is 199 g/mol. The zero-order valence-corrected chi connectivity index (χ0v) is 9.72. The molecule has 2 unspecified atom stereocenters. The van der Waals surface area contributed by atoms with Gasteiger partial charge in [0, 0.05) is 19.8 Å². The second-order valence-corrected chi connectivity index (χ2v) is 4.36. The molecule has 14 heavy (non-hydrogen) atoms. The molecule has 84 valence electrons. The van der Waals surface area contributed by atoms with Crippen molar-refractivity contribution in [2.24, 2.45) is 5.92 Å². The lowest BCUT2D eigenvalue weighted by molar-refractivity contribution is 0.163. The van der Waals surface area contributed by atoms with E-state index in [-0.39, 0.29) is 0 Å². The molecule has 2 heteroatoms. The van der Waals surface area contributed by atoms with Crippen molar-refractivity contribution in [2.75, 3.05) is 20.3 Å². The molecule has 1 aliphatic heterocycles. The SMILES string of the molecule is CCC(CCOC)C1CCCCCN1. The third kappa shape index (κ3) is 3.97. The summed E-state index contributed by atoms with van der Waals surface area (Å²) in [5, 5.41) is 3.69. The highest BCUT2D eigenvalue weighted by atomic mass is 16.5. The van der Waals surface area contributed by atoms with E-state index in [1.165, 1.54) is 45.1 Å². The Labute approximate surface area is 88.4 Å². The van der Waals surface area contributed by atoms with Gasteiger partial charge in [0.05, 0.1) is 0 Å². The highest BCUT2D eigenvalue weighted by molar-refractivity contribution is 4.77. The van der Waals surface area contributed by atoms with Crippen molar-refractivity contribution >= 4 is 0 Å². The predicted molar refractivity (Wildman–Crippen MR) is 60.5 cm³/mol. The van der Waals surface area contributed by atoms with E-state index in [1.54, 1.807) is 7.11 Å². The van der Waals surface area contributed by atoms with Crippen LogP contribution in [0.5, 0.6) is 0 Å². The van der Waals surface area contributed by atoms with Crippen molar-refractivity contribution in [3.05, 3.63) is 0 Å². The maximum Gasteiger partial charge on any atom is 0.0465 e. The van der Waals surface area contributed by atoms with Crippen molar-refractivity contribution in [2.45, 2.75) is 51.5 Å². The Balaban J connectivity index is 2.32. The maximum atomic E-state index is 5.17. The minimum absolute atomic E-state index is 0.748. The van der Waals surface area contributed by atoms with Crippen molar-refractivity contribution in [3.8, 4) is 0 Å². The van der Waals surface area contributed by atoms with Gasteiger partial charge in [-0.15, -0.1) is 0 Å². The van der Waals surface area contributed by atoms with Gasteiger partial charge >= 0.3 is 0 Å². The number of hydrogen-bond acceptors (Lipinski definition) is 2. The molecule has 0 aromatic heterocycles. The van der Waals surface area contributed by atoms with Crippen molar-refractivity contribution in [1.29, 1.82) is 0 Å². The van der Waals surface area contributed by atoms with Gasteiger partial charge in [0.1, 0.15) is 0 Å². The average molecular weight is 199 g/mol. The molecule has 2 atom stereocenters. The molecular formula is C12H25NO. The number of ether oxygens (including phenoxy) is 1. The molecule has 0 aromatic carbocycles. The summed E-state index contributed by atoms with van der Waals surface area (Å²) in [6.07, 6.45) is 8.02. The first-order valence-corrected chi connectivity index (χ1v) is 6.10. The summed E-state index contributed by atoms with van der Waals surface area (Å²) in [6, 6.07) is 0.748. The smallest absolute Gasteiger partial charge is 0.0465 e. The van der Waals surface area contributed by atoms with Gasteiger partial charge in [-0.1, -0.05) is 26.2 Å². The van der Waals surface area contributed by atoms with E-state index in [9.17, 15) is 0 Å². The highest BCUT2D eigenvalue weighted by Crippen LogP contribution is 2.20. The van der Waals surface area contributed by atoms with Crippen LogP contribution in [0.2, 0.25) is 0 Å². The Hall–Kier alpha value is -0.0800. The topological polar surface area (TPSA) is 21.3 Å². The molecule has 0 amide bonds. The summed E-state index contributed by atoms with van der Waals surface area (Å²) in [6.45, 7) is 4.43. The number of methoxy groups -OCH3 is 1. The third-order valence-corrected chi connectivity index (χ3v) is 3.38. The Morgan fingerprint density at radius 3 is 2.93 bits per heavy atom. The average Bonchev–Trinajstić information content (AvgIpc) is 2.48. The third-order valence-electron chi connectivity index (χ3n) is 3.38. The molecule has 0 saturated carbocycles. The van der Waals surface area contributed by atoms with Crippen LogP contribution in [-0.2, 0) is 4.74 Å². The van der Waals surface area contributed by atoms with E-state index in [4.69, 9.17) is 4.74 Å². The molecule has 1 N–H and O–H groups in total. The van der Waals surface area contributed by atoms with Crippen LogP contribution in [0.3, 0.4) is 0 Å². The Bertz CT molecular complexity index is 130. The zero-order valence-electron chi connectivity index (χ0n) is 9.72. The fraction of sp³-hybridized carbons (Fsp3) is 1.00. The van der Waals surface area contributed by atoms with Crippen LogP contribution in [0.4, 0.5) is 0 Å². The van der Waals surface area contributed by atoms with Gasteiger partial charge in [0.2, 0.25) is 0 Å². The molecule has 0 bridgehead atoms. The summed E-state index contributed by atoms with van der Waals surface area (Å²) < 4.78 is 5.17. The lowest BCUT2D eigenvalue weighted by Crippen LogP contribution is -2.35. The molecule has 1 heterocycles. The molecule has 1 aliphatic rings. The van der Waals surface area contributed by atoms with Gasteiger partial charge in [-0.05, 0) is 31.7 Å². The molecule has 1 fully saturated rings. The van der Waals surface area contributed by atoms with E-state index in [0.29, 0.717) is 0 Å². The summed E-state index contributed by atoms with van der Waals surface area (Å²) in [5.41, 5.74) is 0. The minimum Gasteiger partial charge on any atom is -0.385 e. The Kier molecular flexibility index (Phi) is 6.20. The van der Waals surface area contributed by atoms with Gasteiger partial charge < -0.3 is 10.1 Å². The standard InChI is InChI=1S/C12H25NO/c1-3-11(8-10-14-2)12-7-5-4-6-9-13-12/h11-13H,3-10H2,1-2H3. The number of nitrogens with one attached hydrogen (secondary N) is 1. The van der Waals surface area contributed by atoms with Crippen molar-refractivity contribution in [3.63, 3.8) is 0 Å². The summed E-state index contributed by atoms with van der Waals surface area (Å²) in [7, 11) is 1.80. The Morgan fingerprint density at radius 1 is 1.36 bits per heavy atom. The van der Waals surface area contributed by atoms with Gasteiger partial charge in [-0.3, -0.25) is 0 Å². The van der Waals surface area contributed by atoms with E-state index in [1.807, 2.05) is 0 Å². The molecule has 1 rings (SSSR count). The highest BCUT2D eigenvalue weighted by Gasteiger charge is 2.20. The summed E-state index contributed by atoms with van der Waals surface area (Å²) >= 11 is 0. The van der Waals surface area contributed by atoms with Crippen molar-refractivity contribution in [1.82, 2.24) is 5.32 Å². The van der Waals surface area contributed by atoms with Crippen molar-refractivity contribution < 1.29 is 4.74 Å². The lowest BCUT2D eigenvalue weighted by atomic mass is 9.91. The van der Waals surface area contributed by atoms with Crippen LogP contribution in [0, 0.1) is 5.92 Å². The summed E-state index contributed by atoms with van der Waals surface area (Å²) in [5.74, 6) is 0.813. The fourth-order valence-electron chi connectivity index (χ4n) is 2.42. The zero-order chi connectivity index (χ0) is 10.2. The molecule has 1 saturated heterocycles. The second kappa shape index (κ2) is 7.24. The molecule has 0 aliphatic carbocycles. The van der Waals surface area contributed by atoms with E-state index in [0.717, 1.165) is 18.6 Å². The molecule has 2 nitrogen and oxygen atoms in total. The van der Waals surface area contributed by atoms with E-state index >= 15 is 0 Å². The van der Waals surface area contributed by atoms with Crippen LogP contribution in [0.25, 0.3) is 0 Å². The van der Waals surface area contributed by atoms with Crippen LogP contribution < -0.4 is 5.32 Å². The van der Waals surface area contributed by atoms with Gasteiger partial charge in [-0.25, -0.2) is 0 Å². The fourth-order valence-corrected chi connectivity index (χ4v) is 2.42. The number of hydrogen-bond donors (Lipinski definition) is 1. The van der Waals surface area contributed by atoms with Crippen LogP contribution >= 0.6 is 0 Å². The first-order chi connectivity index (χ1) is 6.88. The second-order valence-electron chi connectivity index (χ2n) is 4.36. The van der Waals surface area contributed by atoms with Gasteiger partial charge in [0.15, 0.2) is 0 Å². The molecular weight excluding hydrogens is 174 g/mol. The predicted octanol–water partition coefficient (Wildman–Crippen LogP) is 2.58. The number of rotatable bonds is 5. The molecule has 0 radical (unpaired) electrons. The van der Waals surface area contributed by atoms with Crippen LogP contribution in [-0.4, -0.2) is 26.3 Å². The molecule has 0 aromatic rings. The van der Waals surface area contributed by atoms with E-state index < -0.39 is 0 Å². The lowest BCUT2D eigenvalue weighted by Gasteiger charge is -2.25. The minimum atomic E-state index is 0.748. The van der Waals surface area contributed by atoms with Gasteiger partial charge in [-0.2, -0.15) is 0 Å².